The van der Waals surface area contributed by atoms with Crippen LogP contribution in [0.5, 0.6) is 5.75 Å². The van der Waals surface area contributed by atoms with Crippen LogP contribution in [-0.4, -0.2) is 16.7 Å². The summed E-state index contributed by atoms with van der Waals surface area (Å²) in [5.74, 6) is -0.261. The molecule has 21 heavy (non-hydrogen) atoms. The zero-order chi connectivity index (χ0) is 16.0. The van der Waals surface area contributed by atoms with Crippen molar-refractivity contribution in [3.8, 4) is 5.75 Å². The van der Waals surface area contributed by atoms with Crippen molar-refractivity contribution in [1.29, 1.82) is 0 Å². The number of aromatic hydroxyl groups is 1. The van der Waals surface area contributed by atoms with Crippen LogP contribution in [0.1, 0.15) is 58.4 Å². The highest BCUT2D eigenvalue weighted by Gasteiger charge is 2.26. The molecule has 0 saturated heterocycles. The molecule has 0 atom stereocenters. The largest absolute Gasteiger partial charge is 0.502 e. The zero-order valence-corrected chi connectivity index (χ0v) is 12.8. The van der Waals surface area contributed by atoms with Crippen LogP contribution in [0.25, 0.3) is 0 Å². The molecule has 0 radical (unpaired) electrons. The molecule has 1 aromatic rings. The third-order valence-electron chi connectivity index (χ3n) is 3.59. The number of hydrogen-bond donors (Lipinski definition) is 1. The highest BCUT2D eigenvalue weighted by molar-refractivity contribution is 5.80. The van der Waals surface area contributed by atoms with Gasteiger partial charge in [0, 0.05) is 24.8 Å². The third-order valence-corrected chi connectivity index (χ3v) is 3.59. The Morgan fingerprint density at radius 1 is 1.19 bits per heavy atom. The molecule has 0 unspecified atom stereocenters. The van der Waals surface area contributed by atoms with Gasteiger partial charge in [0.2, 0.25) is 5.43 Å². The molecule has 0 spiro atoms. The van der Waals surface area contributed by atoms with Gasteiger partial charge in [-0.15, -0.1) is 0 Å². The van der Waals surface area contributed by atoms with Crippen molar-refractivity contribution < 1.29 is 19.1 Å². The van der Waals surface area contributed by atoms with E-state index in [1.807, 2.05) is 13.8 Å². The minimum Gasteiger partial charge on any atom is -0.502 e. The van der Waals surface area contributed by atoms with Crippen molar-refractivity contribution in [3.63, 3.8) is 0 Å². The predicted octanol–water partition coefficient (Wildman–Crippen LogP) is 2.73. The van der Waals surface area contributed by atoms with Gasteiger partial charge in [-0.25, -0.2) is 0 Å². The van der Waals surface area contributed by atoms with Gasteiger partial charge in [0.25, 0.3) is 0 Å². The average molecular weight is 294 g/mol. The van der Waals surface area contributed by atoms with E-state index in [0.29, 0.717) is 37.7 Å². The van der Waals surface area contributed by atoms with Crippen LogP contribution in [-0.2, 0) is 15.0 Å². The third kappa shape index (κ3) is 5.17. The fourth-order valence-corrected chi connectivity index (χ4v) is 2.12. The normalized spacial score (nSPS) is 11.4. The lowest BCUT2D eigenvalue weighted by Crippen LogP contribution is -2.26. The Bertz CT molecular complexity index is 568. The Morgan fingerprint density at radius 2 is 1.86 bits per heavy atom. The van der Waals surface area contributed by atoms with Crippen LogP contribution in [0.2, 0.25) is 0 Å². The molecule has 116 valence electrons. The van der Waals surface area contributed by atoms with Crippen LogP contribution in [0, 0.1) is 0 Å². The summed E-state index contributed by atoms with van der Waals surface area (Å²) in [6.45, 7) is 5.18. The van der Waals surface area contributed by atoms with E-state index >= 15 is 0 Å². The van der Waals surface area contributed by atoms with E-state index in [9.17, 15) is 19.5 Å². The first-order chi connectivity index (χ1) is 9.74. The molecule has 0 fully saturated rings. The SMILES string of the molecule is CC(=O)CCCC(=O)CCC(C)(C)c1cocc(O)c1=O. The monoisotopic (exact) mass is 294 g/mol. The Kier molecular flexibility index (Phi) is 5.88. The van der Waals surface area contributed by atoms with Crippen molar-refractivity contribution in [3.05, 3.63) is 28.3 Å². The summed E-state index contributed by atoms with van der Waals surface area (Å²) in [7, 11) is 0. The number of ketones is 2. The first-order valence-electron chi connectivity index (χ1n) is 7.05. The maximum absolute atomic E-state index is 11.9. The van der Waals surface area contributed by atoms with Crippen molar-refractivity contribution in [1.82, 2.24) is 0 Å². The lowest BCUT2D eigenvalue weighted by Gasteiger charge is -2.23. The smallest absolute Gasteiger partial charge is 0.230 e. The number of rotatable bonds is 8. The fourth-order valence-electron chi connectivity index (χ4n) is 2.12. The molecule has 0 aliphatic heterocycles. The highest BCUT2D eigenvalue weighted by Crippen LogP contribution is 2.27. The molecule has 0 aliphatic carbocycles. The summed E-state index contributed by atoms with van der Waals surface area (Å²) in [5.41, 5.74) is -0.662. The first-order valence-corrected chi connectivity index (χ1v) is 7.05. The number of hydrogen-bond acceptors (Lipinski definition) is 5. The van der Waals surface area contributed by atoms with Crippen LogP contribution in [0.3, 0.4) is 0 Å². The van der Waals surface area contributed by atoms with E-state index in [2.05, 4.69) is 0 Å². The minimum absolute atomic E-state index is 0.0777. The van der Waals surface area contributed by atoms with Gasteiger partial charge in [-0.05, 0) is 25.2 Å². The van der Waals surface area contributed by atoms with Crippen molar-refractivity contribution in [2.75, 3.05) is 0 Å². The molecule has 1 aromatic heterocycles. The molecule has 1 rings (SSSR count). The first kappa shape index (κ1) is 17.1. The second-order valence-electron chi connectivity index (χ2n) is 5.98. The molecule has 5 nitrogen and oxygen atoms in total. The Morgan fingerprint density at radius 3 is 2.48 bits per heavy atom. The van der Waals surface area contributed by atoms with E-state index in [1.54, 1.807) is 0 Å². The molecular weight excluding hydrogens is 272 g/mol. The predicted molar refractivity (Wildman–Crippen MR) is 78.4 cm³/mol. The molecule has 0 aromatic carbocycles. The van der Waals surface area contributed by atoms with Crippen molar-refractivity contribution in [2.24, 2.45) is 0 Å². The van der Waals surface area contributed by atoms with Gasteiger partial charge in [-0.3, -0.25) is 9.59 Å². The van der Waals surface area contributed by atoms with E-state index < -0.39 is 16.6 Å². The van der Waals surface area contributed by atoms with Crippen LogP contribution >= 0.6 is 0 Å². The molecular formula is C16H22O5. The zero-order valence-electron chi connectivity index (χ0n) is 12.8. The van der Waals surface area contributed by atoms with Gasteiger partial charge < -0.3 is 14.3 Å². The summed E-state index contributed by atoms with van der Waals surface area (Å²) >= 11 is 0. The van der Waals surface area contributed by atoms with Crippen molar-refractivity contribution >= 4 is 11.6 Å². The number of Topliss-reactive ketones (excluding diaryl/α,β-unsaturated/α-hetero) is 2. The summed E-state index contributed by atoms with van der Waals surface area (Å²) in [6.07, 6.45) is 4.51. The molecule has 5 heteroatoms. The minimum atomic E-state index is -0.560. The van der Waals surface area contributed by atoms with Gasteiger partial charge in [0.1, 0.15) is 17.8 Å². The van der Waals surface area contributed by atoms with Gasteiger partial charge in [-0.2, -0.15) is 0 Å². The Labute approximate surface area is 124 Å². The van der Waals surface area contributed by atoms with Crippen LogP contribution < -0.4 is 5.43 Å². The van der Waals surface area contributed by atoms with E-state index in [-0.39, 0.29) is 11.6 Å². The van der Waals surface area contributed by atoms with Crippen LogP contribution in [0.15, 0.2) is 21.7 Å². The average Bonchev–Trinajstić information content (AvgIpc) is 2.39. The molecule has 0 bridgehead atoms. The summed E-state index contributed by atoms with van der Waals surface area (Å²) in [5, 5.41) is 9.40. The van der Waals surface area contributed by atoms with Gasteiger partial charge in [0.05, 0.1) is 6.26 Å². The molecule has 1 heterocycles. The van der Waals surface area contributed by atoms with E-state index in [1.165, 1.54) is 13.2 Å². The summed E-state index contributed by atoms with van der Waals surface area (Å²) in [6, 6.07) is 0. The standard InChI is InChI=1S/C16H22O5/c1-11(17)5-4-6-12(18)7-8-16(2,3)13-9-21-10-14(19)15(13)20/h9-10,19H,4-8H2,1-3H3. The Balaban J connectivity index is 2.60. The van der Waals surface area contributed by atoms with E-state index in [0.717, 1.165) is 6.26 Å². The maximum Gasteiger partial charge on any atom is 0.230 e. The number of carbonyl (C=O) groups excluding carboxylic acids is 2. The van der Waals surface area contributed by atoms with Gasteiger partial charge >= 0.3 is 0 Å². The quantitative estimate of drug-likeness (QED) is 0.796. The Hall–Kier alpha value is -1.91. The molecule has 0 amide bonds. The second kappa shape index (κ2) is 7.20. The fraction of sp³-hybridized carbons (Fsp3) is 0.562. The summed E-state index contributed by atoms with van der Waals surface area (Å²) in [4.78, 5) is 34.5. The number of carbonyl (C=O) groups is 2. The van der Waals surface area contributed by atoms with Crippen LogP contribution in [0.4, 0.5) is 0 Å². The lowest BCUT2D eigenvalue weighted by atomic mass is 9.80. The van der Waals surface area contributed by atoms with E-state index in [4.69, 9.17) is 4.42 Å². The van der Waals surface area contributed by atoms with Gasteiger partial charge in [0.15, 0.2) is 5.75 Å². The lowest BCUT2D eigenvalue weighted by molar-refractivity contribution is -0.120. The van der Waals surface area contributed by atoms with Gasteiger partial charge in [-0.1, -0.05) is 13.8 Å². The molecule has 1 N–H and O–H groups in total. The summed E-state index contributed by atoms with van der Waals surface area (Å²) < 4.78 is 4.93. The molecule has 0 saturated carbocycles. The maximum atomic E-state index is 11.9. The second-order valence-corrected chi connectivity index (χ2v) is 5.98. The van der Waals surface area contributed by atoms with Crippen molar-refractivity contribution in [2.45, 2.75) is 58.3 Å². The highest BCUT2D eigenvalue weighted by atomic mass is 16.3. The topological polar surface area (TPSA) is 84.6 Å². The molecule has 0 aliphatic rings.